The summed E-state index contributed by atoms with van der Waals surface area (Å²) in [5, 5.41) is 11.2. The number of amides is 1. The second-order valence-electron chi connectivity index (χ2n) is 7.23. The fourth-order valence-electron chi connectivity index (χ4n) is 3.10. The molecule has 1 aromatic rings. The quantitative estimate of drug-likeness (QED) is 0.750. The van der Waals surface area contributed by atoms with Crippen LogP contribution < -0.4 is 5.32 Å². The third-order valence-corrected chi connectivity index (χ3v) is 4.54. The van der Waals surface area contributed by atoms with Crippen LogP contribution >= 0.6 is 0 Å². The van der Waals surface area contributed by atoms with Gasteiger partial charge in [-0.3, -0.25) is 4.79 Å². The van der Waals surface area contributed by atoms with Gasteiger partial charge in [0.1, 0.15) is 6.61 Å². The van der Waals surface area contributed by atoms with Crippen molar-refractivity contribution in [1.29, 1.82) is 0 Å². The molecule has 0 spiro atoms. The Morgan fingerprint density at radius 1 is 1.42 bits per heavy atom. The van der Waals surface area contributed by atoms with Crippen LogP contribution in [0.1, 0.15) is 58.7 Å². The van der Waals surface area contributed by atoms with E-state index < -0.39 is 0 Å². The molecule has 7 nitrogen and oxygen atoms in total. The highest BCUT2D eigenvalue weighted by Gasteiger charge is 2.33. The minimum atomic E-state index is -0.133. The van der Waals surface area contributed by atoms with Gasteiger partial charge in [0.15, 0.2) is 5.69 Å². The van der Waals surface area contributed by atoms with Crippen LogP contribution in [-0.4, -0.2) is 52.9 Å². The Hall–Kier alpha value is -1.91. The normalized spacial score (nSPS) is 21.9. The minimum absolute atomic E-state index is 0.0165. The average molecular weight is 362 g/mol. The van der Waals surface area contributed by atoms with E-state index in [1.54, 1.807) is 7.11 Å². The molecule has 1 aliphatic heterocycles. The van der Waals surface area contributed by atoms with Gasteiger partial charge in [-0.05, 0) is 46.0 Å². The molecule has 1 aromatic heterocycles. The van der Waals surface area contributed by atoms with Crippen LogP contribution in [0.4, 0.5) is 0 Å². The molecular formula is C19H30N4O3. The molecule has 1 aliphatic rings. The Kier molecular flexibility index (Phi) is 7.61. The first-order valence-electron chi connectivity index (χ1n) is 9.26. The molecule has 2 rings (SSSR count). The zero-order valence-corrected chi connectivity index (χ0v) is 16.4. The molecule has 1 N–H and O–H groups in total. The lowest BCUT2D eigenvalue weighted by Gasteiger charge is -2.22. The van der Waals surface area contributed by atoms with Gasteiger partial charge < -0.3 is 14.8 Å². The number of carbonyl (C=O) groups is 1. The van der Waals surface area contributed by atoms with Gasteiger partial charge >= 0.3 is 0 Å². The van der Waals surface area contributed by atoms with Crippen LogP contribution in [0, 0.1) is 17.8 Å². The summed E-state index contributed by atoms with van der Waals surface area (Å²) in [6.45, 7) is 8.35. The molecule has 0 radical (unpaired) electrons. The van der Waals surface area contributed by atoms with Crippen LogP contribution in [0.25, 0.3) is 0 Å². The van der Waals surface area contributed by atoms with Gasteiger partial charge in [-0.15, -0.1) is 5.10 Å². The van der Waals surface area contributed by atoms with Crippen molar-refractivity contribution < 1.29 is 14.3 Å². The van der Waals surface area contributed by atoms with E-state index in [0.29, 0.717) is 12.3 Å². The van der Waals surface area contributed by atoms with Crippen molar-refractivity contribution >= 4 is 5.91 Å². The number of ether oxygens (including phenoxy) is 2. The van der Waals surface area contributed by atoms with E-state index in [9.17, 15) is 4.79 Å². The first kappa shape index (κ1) is 20.4. The van der Waals surface area contributed by atoms with Gasteiger partial charge in [-0.2, -0.15) is 0 Å². The highest BCUT2D eigenvalue weighted by Crippen LogP contribution is 2.30. The van der Waals surface area contributed by atoms with E-state index in [2.05, 4.69) is 34.4 Å². The summed E-state index contributed by atoms with van der Waals surface area (Å²) in [6, 6.07) is 0.305. The standard InChI is InChI=1S/C19H30N4O3/c1-13(2)20-19(24)15(4)18-9-8-17(26-18)11-14(3)23-12-16(21-22-23)7-6-10-25-5/h12-15,17-18H,8-11H2,1-5H3,(H,20,24)/t14-,15-,17+,18-/m1/s1. The molecule has 4 atom stereocenters. The first-order chi connectivity index (χ1) is 12.4. The molecular weight excluding hydrogens is 332 g/mol. The van der Waals surface area contributed by atoms with E-state index in [0.717, 1.165) is 19.3 Å². The first-order valence-corrected chi connectivity index (χ1v) is 9.26. The molecule has 144 valence electrons. The lowest BCUT2D eigenvalue weighted by atomic mass is 10.00. The SMILES string of the molecule is COCC#Cc1cn([C@H](C)C[C@@H]2CC[C@H]([C@@H](C)C(=O)NC(C)C)O2)nn1. The van der Waals surface area contributed by atoms with E-state index >= 15 is 0 Å². The predicted molar refractivity (Wildman–Crippen MR) is 98.4 cm³/mol. The second kappa shape index (κ2) is 9.70. The molecule has 1 amide bonds. The number of nitrogens with one attached hydrogen (secondary N) is 1. The zero-order chi connectivity index (χ0) is 19.1. The van der Waals surface area contributed by atoms with Gasteiger partial charge in [-0.25, -0.2) is 4.68 Å². The fourth-order valence-corrected chi connectivity index (χ4v) is 3.10. The lowest BCUT2D eigenvalue weighted by Crippen LogP contribution is -2.39. The van der Waals surface area contributed by atoms with E-state index in [1.165, 1.54) is 0 Å². The lowest BCUT2D eigenvalue weighted by molar-refractivity contribution is -0.129. The Balaban J connectivity index is 1.84. The average Bonchev–Trinajstić information content (AvgIpc) is 3.23. The Morgan fingerprint density at radius 3 is 2.88 bits per heavy atom. The summed E-state index contributed by atoms with van der Waals surface area (Å²) >= 11 is 0. The van der Waals surface area contributed by atoms with E-state index in [1.807, 2.05) is 31.6 Å². The van der Waals surface area contributed by atoms with E-state index in [-0.39, 0.29) is 36.1 Å². The highest BCUT2D eigenvalue weighted by atomic mass is 16.5. The highest BCUT2D eigenvalue weighted by molar-refractivity contribution is 5.79. The molecule has 7 heteroatoms. The Morgan fingerprint density at radius 2 is 2.19 bits per heavy atom. The third-order valence-electron chi connectivity index (χ3n) is 4.54. The maximum atomic E-state index is 12.2. The van der Waals surface area contributed by atoms with Gasteiger partial charge in [0.2, 0.25) is 5.91 Å². The number of carbonyl (C=O) groups excluding carboxylic acids is 1. The smallest absolute Gasteiger partial charge is 0.225 e. The summed E-state index contributed by atoms with van der Waals surface area (Å²) in [7, 11) is 1.61. The maximum absolute atomic E-state index is 12.2. The number of aromatic nitrogens is 3. The van der Waals surface area contributed by atoms with Gasteiger partial charge in [0.05, 0.1) is 30.4 Å². The van der Waals surface area contributed by atoms with Crippen LogP contribution in [0.3, 0.4) is 0 Å². The summed E-state index contributed by atoms with van der Waals surface area (Å²) in [4.78, 5) is 12.2. The fraction of sp³-hybridized carbons (Fsp3) is 0.737. The Labute approximate surface area is 155 Å². The molecule has 2 heterocycles. The number of nitrogens with zero attached hydrogens (tertiary/aromatic N) is 3. The van der Waals surface area contributed by atoms with Gasteiger partial charge in [0.25, 0.3) is 0 Å². The van der Waals surface area contributed by atoms with Crippen LogP contribution in [0.5, 0.6) is 0 Å². The van der Waals surface area contributed by atoms with Crippen molar-refractivity contribution in [1.82, 2.24) is 20.3 Å². The zero-order valence-electron chi connectivity index (χ0n) is 16.4. The molecule has 0 unspecified atom stereocenters. The topological polar surface area (TPSA) is 78.3 Å². The van der Waals surface area contributed by atoms with Gasteiger partial charge in [0, 0.05) is 13.2 Å². The van der Waals surface area contributed by atoms with Crippen molar-refractivity contribution in [3.63, 3.8) is 0 Å². The molecule has 0 saturated carbocycles. The number of rotatable bonds is 7. The van der Waals surface area contributed by atoms with Crippen LogP contribution in [0.2, 0.25) is 0 Å². The molecule has 1 saturated heterocycles. The number of methoxy groups -OCH3 is 1. The van der Waals surface area contributed by atoms with Crippen LogP contribution in [-0.2, 0) is 14.3 Å². The third kappa shape index (κ3) is 5.82. The molecule has 0 aliphatic carbocycles. The molecule has 0 bridgehead atoms. The van der Waals surface area contributed by atoms with Crippen LogP contribution in [0.15, 0.2) is 6.20 Å². The minimum Gasteiger partial charge on any atom is -0.374 e. The monoisotopic (exact) mass is 362 g/mol. The summed E-state index contributed by atoms with van der Waals surface area (Å²) < 4.78 is 12.9. The Bertz CT molecular complexity index is 647. The summed E-state index contributed by atoms with van der Waals surface area (Å²) in [6.07, 6.45) is 4.68. The largest absolute Gasteiger partial charge is 0.374 e. The maximum Gasteiger partial charge on any atom is 0.225 e. The van der Waals surface area contributed by atoms with Crippen molar-refractivity contribution in [2.24, 2.45) is 5.92 Å². The molecule has 1 fully saturated rings. The predicted octanol–water partition coefficient (Wildman–Crippen LogP) is 1.94. The molecule has 26 heavy (non-hydrogen) atoms. The van der Waals surface area contributed by atoms with Crippen molar-refractivity contribution in [3.8, 4) is 11.8 Å². The van der Waals surface area contributed by atoms with Gasteiger partial charge in [-0.1, -0.05) is 18.1 Å². The van der Waals surface area contributed by atoms with Crippen molar-refractivity contribution in [2.45, 2.75) is 71.2 Å². The second-order valence-corrected chi connectivity index (χ2v) is 7.23. The molecule has 0 aromatic carbocycles. The summed E-state index contributed by atoms with van der Waals surface area (Å²) in [5.41, 5.74) is 0.637. The number of hydrogen-bond donors (Lipinski definition) is 1. The van der Waals surface area contributed by atoms with Crippen molar-refractivity contribution in [2.75, 3.05) is 13.7 Å². The van der Waals surface area contributed by atoms with Crippen molar-refractivity contribution in [3.05, 3.63) is 11.9 Å². The number of hydrogen-bond acceptors (Lipinski definition) is 5. The van der Waals surface area contributed by atoms with E-state index in [4.69, 9.17) is 9.47 Å². The summed E-state index contributed by atoms with van der Waals surface area (Å²) in [5.74, 6) is 5.72.